The molecule has 0 N–H and O–H groups in total. The largest absolute Gasteiger partial charge is 0.244 e. The van der Waals surface area contributed by atoms with Gasteiger partial charge in [0.05, 0.1) is 18.2 Å². The van der Waals surface area contributed by atoms with E-state index < -0.39 is 0 Å². The topological polar surface area (TPSA) is 36.7 Å². The molecule has 1 aliphatic carbocycles. The average Bonchev–Trinajstić information content (AvgIpc) is 2.76. The Morgan fingerprint density at radius 1 is 1.44 bits per heavy atom. The molecule has 0 radical (unpaired) electrons. The van der Waals surface area contributed by atoms with Gasteiger partial charge in [-0.15, -0.1) is 11.3 Å². The standard InChI is InChI=1S/C12H16N2S2/c13-7-6-10-8-16-12(14-10)9-15-11-4-2-1-3-5-11/h8,11H,1-6,9H2. The highest BCUT2D eigenvalue weighted by molar-refractivity contribution is 7.99. The average molecular weight is 252 g/mol. The second-order valence-corrected chi connectivity index (χ2v) is 6.37. The van der Waals surface area contributed by atoms with E-state index in [4.69, 9.17) is 5.26 Å². The van der Waals surface area contributed by atoms with Crippen LogP contribution in [-0.2, 0) is 12.2 Å². The molecule has 1 fully saturated rings. The molecule has 0 unspecified atom stereocenters. The highest BCUT2D eigenvalue weighted by Crippen LogP contribution is 2.31. The first kappa shape index (κ1) is 11.9. The van der Waals surface area contributed by atoms with Crippen LogP contribution in [0.25, 0.3) is 0 Å². The molecule has 0 bridgehead atoms. The first-order chi connectivity index (χ1) is 7.88. The van der Waals surface area contributed by atoms with Crippen molar-refractivity contribution in [2.24, 2.45) is 0 Å². The van der Waals surface area contributed by atoms with E-state index in [1.165, 1.54) is 37.1 Å². The third-order valence-corrected chi connectivity index (χ3v) is 5.32. The van der Waals surface area contributed by atoms with Gasteiger partial charge in [0.1, 0.15) is 5.01 Å². The number of aromatic nitrogens is 1. The summed E-state index contributed by atoms with van der Waals surface area (Å²) in [6.07, 6.45) is 7.41. The summed E-state index contributed by atoms with van der Waals surface area (Å²) in [5.41, 5.74) is 0.937. The number of hydrogen-bond donors (Lipinski definition) is 0. The highest BCUT2D eigenvalue weighted by Gasteiger charge is 2.14. The van der Waals surface area contributed by atoms with Crippen LogP contribution in [0.5, 0.6) is 0 Å². The zero-order valence-corrected chi connectivity index (χ0v) is 10.9. The summed E-state index contributed by atoms with van der Waals surface area (Å²) in [6.45, 7) is 0. The van der Waals surface area contributed by atoms with Gasteiger partial charge in [0.25, 0.3) is 0 Å². The van der Waals surface area contributed by atoms with Crippen molar-refractivity contribution in [1.29, 1.82) is 5.26 Å². The molecule has 1 aliphatic rings. The molecular weight excluding hydrogens is 236 g/mol. The molecular formula is C12H16N2S2. The van der Waals surface area contributed by atoms with Crippen LogP contribution >= 0.6 is 23.1 Å². The molecule has 4 heteroatoms. The van der Waals surface area contributed by atoms with Gasteiger partial charge < -0.3 is 0 Å². The van der Waals surface area contributed by atoms with E-state index in [0.29, 0.717) is 6.42 Å². The predicted molar refractivity (Wildman–Crippen MR) is 69.6 cm³/mol. The highest BCUT2D eigenvalue weighted by atomic mass is 32.2. The lowest BCUT2D eigenvalue weighted by Gasteiger charge is -2.20. The van der Waals surface area contributed by atoms with E-state index >= 15 is 0 Å². The van der Waals surface area contributed by atoms with E-state index in [0.717, 1.165) is 16.7 Å². The summed E-state index contributed by atoms with van der Waals surface area (Å²) < 4.78 is 0. The SMILES string of the molecule is N#CCc1csc(CSC2CCCCC2)n1. The summed E-state index contributed by atoms with van der Waals surface area (Å²) in [4.78, 5) is 4.46. The summed E-state index contributed by atoms with van der Waals surface area (Å²) in [7, 11) is 0. The fourth-order valence-corrected chi connectivity index (χ4v) is 4.16. The Kier molecular flexibility index (Phi) is 4.68. The van der Waals surface area contributed by atoms with Gasteiger partial charge in [-0.05, 0) is 12.8 Å². The quantitative estimate of drug-likeness (QED) is 0.818. The molecule has 2 nitrogen and oxygen atoms in total. The third kappa shape index (κ3) is 3.50. The zero-order valence-electron chi connectivity index (χ0n) is 9.32. The van der Waals surface area contributed by atoms with Crippen molar-refractivity contribution >= 4 is 23.1 Å². The van der Waals surface area contributed by atoms with Crippen molar-refractivity contribution in [1.82, 2.24) is 4.98 Å². The van der Waals surface area contributed by atoms with Gasteiger partial charge in [0.15, 0.2) is 0 Å². The van der Waals surface area contributed by atoms with Crippen molar-refractivity contribution in [2.45, 2.75) is 49.5 Å². The fourth-order valence-electron chi connectivity index (χ4n) is 2.00. The summed E-state index contributed by atoms with van der Waals surface area (Å²) >= 11 is 3.74. The maximum Gasteiger partial charge on any atom is 0.103 e. The Bertz CT molecular complexity index is 361. The van der Waals surface area contributed by atoms with Gasteiger partial charge >= 0.3 is 0 Å². The van der Waals surface area contributed by atoms with Gasteiger partial charge in [-0.3, -0.25) is 0 Å². The van der Waals surface area contributed by atoms with Gasteiger partial charge in [0.2, 0.25) is 0 Å². The summed E-state index contributed by atoms with van der Waals surface area (Å²) in [5.74, 6) is 1.03. The van der Waals surface area contributed by atoms with Crippen molar-refractivity contribution in [3.63, 3.8) is 0 Å². The fraction of sp³-hybridized carbons (Fsp3) is 0.667. The van der Waals surface area contributed by atoms with Crippen LogP contribution in [0.3, 0.4) is 0 Å². The Hall–Kier alpha value is -0.530. The normalized spacial score (nSPS) is 17.2. The summed E-state index contributed by atoms with van der Waals surface area (Å²) in [6, 6.07) is 2.14. The minimum atomic E-state index is 0.449. The van der Waals surface area contributed by atoms with Crippen molar-refractivity contribution in [3.8, 4) is 6.07 Å². The minimum Gasteiger partial charge on any atom is -0.244 e. The molecule has 0 spiro atoms. The first-order valence-electron chi connectivity index (χ1n) is 5.80. The second kappa shape index (κ2) is 6.27. The molecule has 1 heterocycles. The van der Waals surface area contributed by atoms with Crippen LogP contribution in [0.1, 0.15) is 42.8 Å². The van der Waals surface area contributed by atoms with E-state index in [-0.39, 0.29) is 0 Å². The Labute approximate surface area is 105 Å². The lowest BCUT2D eigenvalue weighted by atomic mass is 10.0. The molecule has 0 atom stereocenters. The minimum absolute atomic E-state index is 0.449. The van der Waals surface area contributed by atoms with Crippen molar-refractivity contribution in [2.75, 3.05) is 0 Å². The number of thioether (sulfide) groups is 1. The van der Waals surface area contributed by atoms with Gasteiger partial charge in [-0.1, -0.05) is 19.3 Å². The number of nitriles is 1. The maximum atomic E-state index is 8.57. The van der Waals surface area contributed by atoms with E-state index in [9.17, 15) is 0 Å². The molecule has 86 valence electrons. The third-order valence-electron chi connectivity index (χ3n) is 2.85. The smallest absolute Gasteiger partial charge is 0.103 e. The molecule has 0 aliphatic heterocycles. The van der Waals surface area contributed by atoms with E-state index in [2.05, 4.69) is 11.1 Å². The molecule has 1 aromatic heterocycles. The van der Waals surface area contributed by atoms with Gasteiger partial charge in [-0.2, -0.15) is 17.0 Å². The molecule has 2 rings (SSSR count). The maximum absolute atomic E-state index is 8.57. The van der Waals surface area contributed by atoms with Crippen molar-refractivity contribution in [3.05, 3.63) is 16.1 Å². The van der Waals surface area contributed by atoms with Crippen LogP contribution in [-0.4, -0.2) is 10.2 Å². The molecule has 0 amide bonds. The molecule has 1 aromatic rings. The molecule has 16 heavy (non-hydrogen) atoms. The molecule has 0 aromatic carbocycles. The number of hydrogen-bond acceptors (Lipinski definition) is 4. The Balaban J connectivity index is 1.77. The second-order valence-electron chi connectivity index (χ2n) is 4.14. The van der Waals surface area contributed by atoms with Crippen LogP contribution in [0, 0.1) is 11.3 Å². The zero-order chi connectivity index (χ0) is 11.2. The van der Waals surface area contributed by atoms with E-state index in [1.54, 1.807) is 11.3 Å². The number of thiazole rings is 1. The lowest BCUT2D eigenvalue weighted by molar-refractivity contribution is 0.516. The first-order valence-corrected chi connectivity index (χ1v) is 7.73. The van der Waals surface area contributed by atoms with Crippen LogP contribution in [0.2, 0.25) is 0 Å². The number of nitrogens with zero attached hydrogens (tertiary/aromatic N) is 2. The number of rotatable bonds is 4. The Morgan fingerprint density at radius 2 is 2.25 bits per heavy atom. The molecule has 0 saturated heterocycles. The Morgan fingerprint density at radius 3 is 3.00 bits per heavy atom. The predicted octanol–water partition coefficient (Wildman–Crippen LogP) is 3.78. The van der Waals surface area contributed by atoms with E-state index in [1.807, 2.05) is 17.1 Å². The lowest BCUT2D eigenvalue weighted by Crippen LogP contribution is -2.08. The molecule has 1 saturated carbocycles. The van der Waals surface area contributed by atoms with Crippen LogP contribution in [0.15, 0.2) is 5.38 Å². The van der Waals surface area contributed by atoms with Crippen LogP contribution in [0.4, 0.5) is 0 Å². The van der Waals surface area contributed by atoms with Crippen molar-refractivity contribution < 1.29 is 0 Å². The van der Waals surface area contributed by atoms with Gasteiger partial charge in [-0.25, -0.2) is 4.98 Å². The van der Waals surface area contributed by atoms with Gasteiger partial charge in [0, 0.05) is 16.4 Å². The van der Waals surface area contributed by atoms with Crippen LogP contribution < -0.4 is 0 Å². The summed E-state index contributed by atoms with van der Waals surface area (Å²) in [5, 5.41) is 12.6. The monoisotopic (exact) mass is 252 g/mol.